The van der Waals surface area contributed by atoms with E-state index in [0.717, 1.165) is 6.42 Å². The Labute approximate surface area is 103 Å². The van der Waals surface area contributed by atoms with Gasteiger partial charge in [-0.2, -0.15) is 0 Å². The molecule has 0 aliphatic rings. The Bertz CT molecular complexity index is 253. The second kappa shape index (κ2) is 8.06. The Kier molecular flexibility index (Phi) is 7.54. The number of aliphatic carboxylic acids is 1. The van der Waals surface area contributed by atoms with Gasteiger partial charge in [-0.05, 0) is 19.3 Å². The monoisotopic (exact) mass is 245 g/mol. The molecule has 5 nitrogen and oxygen atoms in total. The van der Waals surface area contributed by atoms with Gasteiger partial charge in [-0.1, -0.05) is 20.8 Å². The van der Waals surface area contributed by atoms with Gasteiger partial charge in [-0.15, -0.1) is 0 Å². The number of carbonyl (C=O) groups is 2. The van der Waals surface area contributed by atoms with Gasteiger partial charge in [0.05, 0.1) is 6.10 Å². The molecule has 0 saturated heterocycles. The Morgan fingerprint density at radius 1 is 1.29 bits per heavy atom. The van der Waals surface area contributed by atoms with E-state index >= 15 is 0 Å². The number of hydrogen-bond donors (Lipinski definition) is 1. The number of ether oxygens (including phenoxy) is 1. The highest BCUT2D eigenvalue weighted by molar-refractivity contribution is 5.82. The van der Waals surface area contributed by atoms with E-state index in [2.05, 4.69) is 0 Å². The molecule has 1 unspecified atom stereocenters. The van der Waals surface area contributed by atoms with Crippen molar-refractivity contribution in [2.75, 3.05) is 19.7 Å². The van der Waals surface area contributed by atoms with Crippen LogP contribution in [0.25, 0.3) is 0 Å². The minimum atomic E-state index is -0.998. The molecule has 0 heterocycles. The van der Waals surface area contributed by atoms with Crippen molar-refractivity contribution in [2.45, 2.75) is 40.2 Å². The molecule has 0 aromatic carbocycles. The summed E-state index contributed by atoms with van der Waals surface area (Å²) in [5.74, 6) is -1.02. The third-order valence-electron chi connectivity index (χ3n) is 2.33. The number of amides is 1. The molecule has 0 aliphatic carbocycles. The fourth-order valence-corrected chi connectivity index (χ4v) is 1.28. The lowest BCUT2D eigenvalue weighted by atomic mass is 10.2. The Hall–Kier alpha value is -1.10. The van der Waals surface area contributed by atoms with E-state index in [1.165, 1.54) is 4.90 Å². The predicted molar refractivity (Wildman–Crippen MR) is 64.8 cm³/mol. The summed E-state index contributed by atoms with van der Waals surface area (Å²) < 4.78 is 5.31. The summed E-state index contributed by atoms with van der Waals surface area (Å²) in [5, 5.41) is 8.73. The van der Waals surface area contributed by atoms with Gasteiger partial charge >= 0.3 is 5.97 Å². The summed E-state index contributed by atoms with van der Waals surface area (Å²) >= 11 is 0. The first-order valence-electron chi connectivity index (χ1n) is 5.98. The molecule has 1 amide bonds. The van der Waals surface area contributed by atoms with Crippen LogP contribution < -0.4 is 0 Å². The average molecular weight is 245 g/mol. The molecule has 0 saturated carbocycles. The molecular weight excluding hydrogens is 222 g/mol. The molecule has 0 bridgehead atoms. The Morgan fingerprint density at radius 3 is 2.29 bits per heavy atom. The van der Waals surface area contributed by atoms with Gasteiger partial charge in [-0.3, -0.25) is 9.59 Å². The lowest BCUT2D eigenvalue weighted by molar-refractivity contribution is -0.147. The summed E-state index contributed by atoms with van der Waals surface area (Å²) in [5.41, 5.74) is 0. The molecule has 0 spiro atoms. The minimum absolute atomic E-state index is 0.0182. The smallest absolute Gasteiger partial charge is 0.323 e. The zero-order chi connectivity index (χ0) is 13.4. The summed E-state index contributed by atoms with van der Waals surface area (Å²) in [4.78, 5) is 23.8. The van der Waals surface area contributed by atoms with Crippen LogP contribution in [0, 0.1) is 5.92 Å². The highest BCUT2D eigenvalue weighted by atomic mass is 16.5. The molecule has 0 aromatic heterocycles. The lowest BCUT2D eigenvalue weighted by Gasteiger charge is -2.23. The normalized spacial score (nSPS) is 12.5. The molecule has 0 aliphatic heterocycles. The van der Waals surface area contributed by atoms with Crippen LogP contribution in [0.1, 0.15) is 34.1 Å². The molecule has 1 atom stereocenters. The zero-order valence-corrected chi connectivity index (χ0v) is 11.1. The van der Waals surface area contributed by atoms with Crippen molar-refractivity contribution in [3.05, 3.63) is 0 Å². The van der Waals surface area contributed by atoms with Crippen molar-refractivity contribution in [2.24, 2.45) is 5.92 Å². The summed E-state index contributed by atoms with van der Waals surface area (Å²) in [6.07, 6.45) is 0.848. The van der Waals surface area contributed by atoms with Crippen molar-refractivity contribution < 1.29 is 19.4 Å². The molecule has 0 fully saturated rings. The average Bonchev–Trinajstić information content (AvgIpc) is 2.23. The van der Waals surface area contributed by atoms with Gasteiger partial charge in [0, 0.05) is 6.54 Å². The van der Waals surface area contributed by atoms with E-state index in [1.54, 1.807) is 0 Å². The maximum atomic E-state index is 11.8. The third-order valence-corrected chi connectivity index (χ3v) is 2.33. The first kappa shape index (κ1) is 15.9. The van der Waals surface area contributed by atoms with Gasteiger partial charge in [-0.25, -0.2) is 0 Å². The van der Waals surface area contributed by atoms with Crippen LogP contribution in [-0.4, -0.2) is 47.7 Å². The van der Waals surface area contributed by atoms with E-state index in [0.29, 0.717) is 6.54 Å². The van der Waals surface area contributed by atoms with Crippen LogP contribution in [0.5, 0.6) is 0 Å². The number of carbonyl (C=O) groups excluding carboxylic acids is 1. The fourth-order valence-electron chi connectivity index (χ4n) is 1.28. The Morgan fingerprint density at radius 2 is 1.88 bits per heavy atom. The highest BCUT2D eigenvalue weighted by Crippen LogP contribution is 2.02. The second-order valence-corrected chi connectivity index (χ2v) is 4.59. The van der Waals surface area contributed by atoms with Crippen molar-refractivity contribution in [3.63, 3.8) is 0 Å². The van der Waals surface area contributed by atoms with Gasteiger partial charge in [0.2, 0.25) is 5.91 Å². The van der Waals surface area contributed by atoms with Crippen LogP contribution in [0.4, 0.5) is 0 Å². The maximum Gasteiger partial charge on any atom is 0.323 e. The largest absolute Gasteiger partial charge is 0.480 e. The van der Waals surface area contributed by atoms with Crippen molar-refractivity contribution >= 4 is 11.9 Å². The van der Waals surface area contributed by atoms with Gasteiger partial charge in [0.1, 0.15) is 13.2 Å². The van der Waals surface area contributed by atoms with Crippen LogP contribution >= 0.6 is 0 Å². The highest BCUT2D eigenvalue weighted by Gasteiger charge is 2.18. The zero-order valence-electron chi connectivity index (χ0n) is 11.1. The lowest BCUT2D eigenvalue weighted by Crippen LogP contribution is -2.40. The van der Waals surface area contributed by atoms with Crippen LogP contribution in [0.3, 0.4) is 0 Å². The van der Waals surface area contributed by atoms with Crippen molar-refractivity contribution in [3.8, 4) is 0 Å². The fraction of sp³-hybridized carbons (Fsp3) is 0.833. The van der Waals surface area contributed by atoms with E-state index in [9.17, 15) is 9.59 Å². The molecule has 0 aromatic rings. The summed E-state index contributed by atoms with van der Waals surface area (Å²) in [7, 11) is 0. The topological polar surface area (TPSA) is 66.8 Å². The van der Waals surface area contributed by atoms with Crippen LogP contribution in [0.2, 0.25) is 0 Å². The molecule has 5 heteroatoms. The van der Waals surface area contributed by atoms with E-state index in [1.807, 2.05) is 27.7 Å². The van der Waals surface area contributed by atoms with Crippen LogP contribution in [-0.2, 0) is 14.3 Å². The van der Waals surface area contributed by atoms with E-state index in [-0.39, 0.29) is 31.1 Å². The summed E-state index contributed by atoms with van der Waals surface area (Å²) in [6, 6.07) is 0. The molecule has 17 heavy (non-hydrogen) atoms. The number of carboxylic acids is 1. The van der Waals surface area contributed by atoms with Gasteiger partial charge in [0.15, 0.2) is 0 Å². The first-order chi connectivity index (χ1) is 7.86. The van der Waals surface area contributed by atoms with Gasteiger partial charge in [0.25, 0.3) is 0 Å². The second-order valence-electron chi connectivity index (χ2n) is 4.59. The van der Waals surface area contributed by atoms with Crippen molar-refractivity contribution in [1.29, 1.82) is 0 Å². The van der Waals surface area contributed by atoms with Crippen LogP contribution in [0.15, 0.2) is 0 Å². The quantitative estimate of drug-likeness (QED) is 0.701. The Balaban J connectivity index is 4.26. The van der Waals surface area contributed by atoms with E-state index in [4.69, 9.17) is 9.84 Å². The van der Waals surface area contributed by atoms with E-state index < -0.39 is 5.97 Å². The number of rotatable bonds is 8. The third kappa shape index (κ3) is 7.74. The molecule has 1 N–H and O–H groups in total. The van der Waals surface area contributed by atoms with Gasteiger partial charge < -0.3 is 14.7 Å². The SMILES string of the molecule is CCC(C)OCC(=O)N(CC(=O)O)CC(C)C. The molecule has 0 radical (unpaired) electrons. The molecule has 0 rings (SSSR count). The first-order valence-corrected chi connectivity index (χ1v) is 5.98. The predicted octanol–water partition coefficient (Wildman–Crippen LogP) is 1.37. The standard InChI is InChI=1S/C12H23NO4/c1-5-10(4)17-8-11(14)13(6-9(2)3)7-12(15)16/h9-10H,5-8H2,1-4H3,(H,15,16). The molecular formula is C12H23NO4. The maximum absolute atomic E-state index is 11.8. The molecule has 100 valence electrons. The van der Waals surface area contributed by atoms with Crippen molar-refractivity contribution in [1.82, 2.24) is 4.90 Å². The minimum Gasteiger partial charge on any atom is -0.480 e. The number of nitrogens with zero attached hydrogens (tertiary/aromatic N) is 1. The number of hydrogen-bond acceptors (Lipinski definition) is 3. The number of carboxylic acid groups (broad SMARTS) is 1. The summed E-state index contributed by atoms with van der Waals surface area (Å²) in [6.45, 7) is 7.87.